The standard InChI is InChI=1S/C28H28N6O8S2.Na/c1-16-7-6-8-17(11-16)13-42-24(38)22-18(15-44-27-30-31-32-33(27)12-21(35)36)14-43-26-28(41-3,25(39)34(22)26)29-23(37)19-9-4-5-10-20(19)40-2;/h4-11,26H,12-15H2,1-3H3,(H,29,37)(H,35,36);/q;+1/p-1/t26?,28-;/m0./s1. The zero-order valence-corrected chi connectivity index (χ0v) is 28.5. The first kappa shape index (κ1) is 34.5. The van der Waals surface area contributed by atoms with Crippen molar-refractivity contribution in [3.05, 3.63) is 76.5 Å². The van der Waals surface area contributed by atoms with Crippen molar-refractivity contribution < 1.29 is 68.1 Å². The van der Waals surface area contributed by atoms with E-state index in [0.29, 0.717) is 11.3 Å². The minimum absolute atomic E-state index is 0. The summed E-state index contributed by atoms with van der Waals surface area (Å²) < 4.78 is 17.7. The van der Waals surface area contributed by atoms with Crippen molar-refractivity contribution in [3.8, 4) is 5.75 Å². The van der Waals surface area contributed by atoms with Crippen LogP contribution in [0.2, 0.25) is 0 Å². The Morgan fingerprint density at radius 3 is 2.67 bits per heavy atom. The summed E-state index contributed by atoms with van der Waals surface area (Å²) in [6.07, 6.45) is 0. The zero-order valence-electron chi connectivity index (χ0n) is 24.8. The first-order chi connectivity index (χ1) is 21.2. The van der Waals surface area contributed by atoms with Crippen LogP contribution >= 0.6 is 23.5 Å². The molecule has 2 aromatic carbocycles. The summed E-state index contributed by atoms with van der Waals surface area (Å²) in [7, 11) is 2.74. The van der Waals surface area contributed by atoms with Gasteiger partial charge in [0.25, 0.3) is 17.5 Å². The molecule has 3 heterocycles. The summed E-state index contributed by atoms with van der Waals surface area (Å²) in [4.78, 5) is 53.1. The number of rotatable bonds is 12. The SMILES string of the molecule is COc1ccccc1C(=O)N[C@]1(OC)C(=O)N2C(C(=O)OCc3cccc(C)c3)=C(CSc3nnnn3CC(=O)[O-])CSC21.[Na+]. The number of hydrogen-bond donors (Lipinski definition) is 1. The summed E-state index contributed by atoms with van der Waals surface area (Å²) in [6, 6.07) is 14.0. The Balaban J connectivity index is 0.00000461. The molecule has 14 nitrogen and oxygen atoms in total. The second kappa shape index (κ2) is 14.8. The Labute approximate surface area is 288 Å². The van der Waals surface area contributed by atoms with Crippen LogP contribution in [0.25, 0.3) is 0 Å². The zero-order chi connectivity index (χ0) is 31.4. The average Bonchev–Trinajstić information content (AvgIpc) is 3.46. The molecule has 1 unspecified atom stereocenters. The van der Waals surface area contributed by atoms with E-state index in [1.165, 1.54) is 30.9 Å². The molecule has 0 bridgehead atoms. The number of aryl methyl sites for hydroxylation is 1. The number of amides is 2. The number of carbonyl (C=O) groups is 4. The largest absolute Gasteiger partial charge is 1.00 e. The van der Waals surface area contributed by atoms with Crippen LogP contribution in [-0.2, 0) is 37.0 Å². The fourth-order valence-corrected chi connectivity index (χ4v) is 7.26. The number of ether oxygens (including phenoxy) is 3. The van der Waals surface area contributed by atoms with Gasteiger partial charge < -0.3 is 29.4 Å². The molecule has 2 amide bonds. The van der Waals surface area contributed by atoms with Crippen LogP contribution in [0, 0.1) is 6.92 Å². The number of methoxy groups -OCH3 is 2. The summed E-state index contributed by atoms with van der Waals surface area (Å²) >= 11 is 2.38. The maximum atomic E-state index is 13.8. The van der Waals surface area contributed by atoms with Gasteiger partial charge in [-0.25, -0.2) is 9.48 Å². The van der Waals surface area contributed by atoms with E-state index in [2.05, 4.69) is 20.8 Å². The van der Waals surface area contributed by atoms with E-state index in [4.69, 9.17) is 14.2 Å². The topological polar surface area (TPSA) is 178 Å². The molecule has 1 saturated heterocycles. The number of para-hydroxylation sites is 1. The molecule has 0 aliphatic carbocycles. The van der Waals surface area contributed by atoms with Crippen molar-refractivity contribution in [1.29, 1.82) is 0 Å². The molecule has 0 spiro atoms. The summed E-state index contributed by atoms with van der Waals surface area (Å²) in [6.45, 7) is 1.33. The normalized spacial score (nSPS) is 18.8. The minimum Gasteiger partial charge on any atom is -0.548 e. The van der Waals surface area contributed by atoms with E-state index in [0.717, 1.165) is 27.6 Å². The monoisotopic (exact) mass is 662 g/mol. The number of esters is 1. The van der Waals surface area contributed by atoms with Crippen LogP contribution < -0.4 is 44.7 Å². The third kappa shape index (κ3) is 7.05. The number of aliphatic carboxylic acids is 1. The Morgan fingerprint density at radius 2 is 1.96 bits per heavy atom. The maximum Gasteiger partial charge on any atom is 1.00 e. The van der Waals surface area contributed by atoms with E-state index in [1.54, 1.807) is 24.3 Å². The van der Waals surface area contributed by atoms with Crippen LogP contribution in [0.15, 0.2) is 65.0 Å². The van der Waals surface area contributed by atoms with Crippen molar-refractivity contribution in [2.75, 3.05) is 25.7 Å². The molecule has 3 aromatic rings. The number of benzene rings is 2. The van der Waals surface area contributed by atoms with Gasteiger partial charge in [-0.3, -0.25) is 14.5 Å². The number of nitrogens with zero attached hydrogens (tertiary/aromatic N) is 5. The molecule has 5 rings (SSSR count). The summed E-state index contributed by atoms with van der Waals surface area (Å²) in [5, 5.41) is 24.2. The van der Waals surface area contributed by atoms with E-state index < -0.39 is 41.4 Å². The quantitative estimate of drug-likeness (QED) is 0.0710. The van der Waals surface area contributed by atoms with Gasteiger partial charge in [0.05, 0.1) is 25.2 Å². The molecule has 230 valence electrons. The number of carboxylic acids is 1. The number of nitrogens with one attached hydrogen (secondary N) is 1. The summed E-state index contributed by atoms with van der Waals surface area (Å²) in [5.41, 5.74) is 0.745. The van der Waals surface area contributed by atoms with Crippen molar-refractivity contribution in [2.45, 2.75) is 36.3 Å². The number of tetrazole rings is 1. The maximum absolute atomic E-state index is 13.8. The van der Waals surface area contributed by atoms with Crippen LogP contribution in [0.1, 0.15) is 21.5 Å². The van der Waals surface area contributed by atoms with Crippen molar-refractivity contribution >= 4 is 47.3 Å². The molecular weight excluding hydrogens is 635 g/mol. The fraction of sp³-hybridized carbons (Fsp3) is 0.321. The van der Waals surface area contributed by atoms with E-state index >= 15 is 0 Å². The second-order valence-corrected chi connectivity index (χ2v) is 11.7. The minimum atomic E-state index is -1.76. The molecule has 0 radical (unpaired) electrons. The Morgan fingerprint density at radius 1 is 1.18 bits per heavy atom. The Hall–Kier alpha value is -3.41. The molecular formula is C28H27N6NaO8S2. The first-order valence-corrected chi connectivity index (χ1v) is 15.2. The van der Waals surface area contributed by atoms with Gasteiger partial charge in [0.1, 0.15) is 23.4 Å². The number of fused-ring (bicyclic) bond motifs is 1. The Kier molecular flexibility index (Phi) is 11.3. The van der Waals surface area contributed by atoms with Gasteiger partial charge >= 0.3 is 35.5 Å². The molecule has 2 atom stereocenters. The molecule has 1 fully saturated rings. The predicted octanol–water partition coefficient (Wildman–Crippen LogP) is -2.48. The number of aromatic nitrogens is 4. The smallest absolute Gasteiger partial charge is 0.548 e. The van der Waals surface area contributed by atoms with Gasteiger partial charge in [-0.15, -0.1) is 16.9 Å². The van der Waals surface area contributed by atoms with E-state index in [-0.39, 0.29) is 64.1 Å². The second-order valence-electron chi connectivity index (χ2n) is 9.73. The van der Waals surface area contributed by atoms with Crippen molar-refractivity contribution in [3.63, 3.8) is 0 Å². The van der Waals surface area contributed by atoms with Crippen molar-refractivity contribution in [1.82, 2.24) is 30.4 Å². The predicted molar refractivity (Wildman–Crippen MR) is 155 cm³/mol. The average molecular weight is 663 g/mol. The van der Waals surface area contributed by atoms with Crippen LogP contribution in [0.5, 0.6) is 5.75 Å². The van der Waals surface area contributed by atoms with Crippen molar-refractivity contribution in [2.24, 2.45) is 0 Å². The number of thioether (sulfide) groups is 2. The number of carboxylic acid groups (broad SMARTS) is 1. The molecule has 1 N–H and O–H groups in total. The van der Waals surface area contributed by atoms with E-state index in [9.17, 15) is 24.3 Å². The number of carbonyl (C=O) groups excluding carboxylic acids is 4. The van der Waals surface area contributed by atoms with Gasteiger partial charge in [-0.2, -0.15) is 0 Å². The van der Waals surface area contributed by atoms with E-state index in [1.807, 2.05) is 31.2 Å². The third-order valence-corrected chi connectivity index (χ3v) is 9.30. The Bertz CT molecular complexity index is 1650. The number of β-lactam (4-membered cyclic amide) rings is 1. The molecule has 17 heteroatoms. The number of hydrogen-bond acceptors (Lipinski definition) is 13. The molecule has 45 heavy (non-hydrogen) atoms. The molecule has 2 aliphatic heterocycles. The first-order valence-electron chi connectivity index (χ1n) is 13.2. The molecule has 0 saturated carbocycles. The molecule has 2 aliphatic rings. The third-order valence-electron chi connectivity index (χ3n) is 6.88. The van der Waals surface area contributed by atoms with Gasteiger partial charge in [0.2, 0.25) is 5.16 Å². The van der Waals surface area contributed by atoms with Gasteiger partial charge in [0, 0.05) is 18.6 Å². The van der Waals surface area contributed by atoms with Gasteiger partial charge in [-0.1, -0.05) is 53.7 Å². The van der Waals surface area contributed by atoms with Crippen LogP contribution in [0.4, 0.5) is 0 Å². The van der Waals surface area contributed by atoms with Crippen LogP contribution in [-0.4, -0.2) is 85.7 Å². The van der Waals surface area contributed by atoms with Gasteiger partial charge in [0.15, 0.2) is 0 Å². The fourth-order valence-electron chi connectivity index (χ4n) is 4.80. The summed E-state index contributed by atoms with van der Waals surface area (Å²) in [5.74, 6) is -2.65. The van der Waals surface area contributed by atoms with Gasteiger partial charge in [-0.05, 0) is 40.6 Å². The molecule has 1 aromatic heterocycles. The van der Waals surface area contributed by atoms with Crippen LogP contribution in [0.3, 0.4) is 0 Å².